The smallest absolute Gasteiger partial charge is 0.132 e. The maximum atomic E-state index is 5.85. The van der Waals surface area contributed by atoms with Crippen LogP contribution in [0.2, 0.25) is 0 Å². The minimum absolute atomic E-state index is 0.0792. The van der Waals surface area contributed by atoms with Crippen molar-refractivity contribution in [2.75, 3.05) is 29.6 Å². The van der Waals surface area contributed by atoms with Gasteiger partial charge in [0.1, 0.15) is 11.9 Å². The van der Waals surface area contributed by atoms with Gasteiger partial charge in [0.05, 0.1) is 13.2 Å². The highest BCUT2D eigenvalue weighted by Gasteiger charge is 2.36. The Balaban J connectivity index is 2.07. The van der Waals surface area contributed by atoms with Crippen LogP contribution in [0, 0.1) is 5.41 Å². The number of rotatable bonds is 2. The van der Waals surface area contributed by atoms with Crippen molar-refractivity contribution in [1.29, 1.82) is 0 Å². The van der Waals surface area contributed by atoms with Gasteiger partial charge in [0.2, 0.25) is 0 Å². The Labute approximate surface area is 105 Å². The SMILES string of the molecule is BrCC1(CBr)COC2=CSCC2OC1. The summed E-state index contributed by atoms with van der Waals surface area (Å²) in [4.78, 5) is 0. The van der Waals surface area contributed by atoms with Crippen LogP contribution in [0.15, 0.2) is 11.2 Å². The summed E-state index contributed by atoms with van der Waals surface area (Å²) in [6, 6.07) is 0. The second-order valence-corrected chi connectivity index (χ2v) is 5.73. The van der Waals surface area contributed by atoms with Crippen molar-refractivity contribution in [3.63, 3.8) is 0 Å². The Morgan fingerprint density at radius 2 is 2.21 bits per heavy atom. The third-order valence-electron chi connectivity index (χ3n) is 2.47. The van der Waals surface area contributed by atoms with Gasteiger partial charge in [-0.2, -0.15) is 0 Å². The molecular formula is C9H12Br2O2S. The molecule has 2 heterocycles. The Hall–Kier alpha value is 0.810. The number of fused-ring (bicyclic) bond motifs is 1. The summed E-state index contributed by atoms with van der Waals surface area (Å²) >= 11 is 8.82. The first-order valence-electron chi connectivity index (χ1n) is 4.48. The van der Waals surface area contributed by atoms with E-state index in [1.54, 1.807) is 11.8 Å². The zero-order chi connectivity index (χ0) is 10.0. The van der Waals surface area contributed by atoms with E-state index in [9.17, 15) is 0 Å². The predicted molar refractivity (Wildman–Crippen MR) is 66.3 cm³/mol. The average molecular weight is 344 g/mol. The van der Waals surface area contributed by atoms with Crippen LogP contribution < -0.4 is 0 Å². The molecule has 1 atom stereocenters. The molecule has 80 valence electrons. The molecule has 2 aliphatic rings. The number of alkyl halides is 2. The molecule has 0 bridgehead atoms. The van der Waals surface area contributed by atoms with E-state index < -0.39 is 0 Å². The van der Waals surface area contributed by atoms with E-state index in [4.69, 9.17) is 9.47 Å². The number of halogens is 2. The topological polar surface area (TPSA) is 18.5 Å². The van der Waals surface area contributed by atoms with Crippen molar-refractivity contribution < 1.29 is 9.47 Å². The highest BCUT2D eigenvalue weighted by atomic mass is 79.9. The Morgan fingerprint density at radius 1 is 1.43 bits per heavy atom. The molecule has 0 spiro atoms. The Bertz CT molecular complexity index is 241. The third kappa shape index (κ3) is 2.15. The van der Waals surface area contributed by atoms with Gasteiger partial charge in [-0.25, -0.2) is 0 Å². The van der Waals surface area contributed by atoms with Crippen LogP contribution >= 0.6 is 43.6 Å². The van der Waals surface area contributed by atoms with Gasteiger partial charge in [0, 0.05) is 27.2 Å². The Morgan fingerprint density at radius 3 is 2.93 bits per heavy atom. The van der Waals surface area contributed by atoms with E-state index in [1.165, 1.54) is 0 Å². The van der Waals surface area contributed by atoms with Gasteiger partial charge in [-0.15, -0.1) is 11.8 Å². The first-order chi connectivity index (χ1) is 6.79. The molecule has 0 aromatic heterocycles. The van der Waals surface area contributed by atoms with Gasteiger partial charge in [0.25, 0.3) is 0 Å². The van der Waals surface area contributed by atoms with Crippen molar-refractivity contribution in [2.45, 2.75) is 6.10 Å². The third-order valence-corrected chi connectivity index (χ3v) is 5.74. The molecule has 5 heteroatoms. The monoisotopic (exact) mass is 342 g/mol. The molecule has 14 heavy (non-hydrogen) atoms. The van der Waals surface area contributed by atoms with Gasteiger partial charge in [-0.05, 0) is 0 Å². The van der Waals surface area contributed by atoms with Crippen LogP contribution in [0.4, 0.5) is 0 Å². The second-order valence-electron chi connectivity index (χ2n) is 3.71. The van der Waals surface area contributed by atoms with Crippen molar-refractivity contribution in [2.24, 2.45) is 5.41 Å². The minimum Gasteiger partial charge on any atom is -0.494 e. The summed E-state index contributed by atoms with van der Waals surface area (Å²) in [7, 11) is 0. The van der Waals surface area contributed by atoms with Crippen molar-refractivity contribution in [1.82, 2.24) is 0 Å². The fraction of sp³-hybridized carbons (Fsp3) is 0.778. The zero-order valence-corrected chi connectivity index (χ0v) is 11.7. The van der Waals surface area contributed by atoms with Crippen LogP contribution in [0.3, 0.4) is 0 Å². The van der Waals surface area contributed by atoms with E-state index in [0.29, 0.717) is 0 Å². The largest absolute Gasteiger partial charge is 0.494 e. The molecule has 0 aliphatic carbocycles. The molecule has 2 nitrogen and oxygen atoms in total. The lowest BCUT2D eigenvalue weighted by Gasteiger charge is -2.26. The van der Waals surface area contributed by atoms with E-state index in [1.807, 2.05) is 0 Å². The highest BCUT2D eigenvalue weighted by Crippen LogP contribution is 2.34. The lowest BCUT2D eigenvalue weighted by Crippen LogP contribution is -2.34. The van der Waals surface area contributed by atoms with Crippen LogP contribution in [-0.4, -0.2) is 35.7 Å². The normalized spacial score (nSPS) is 30.1. The Kier molecular flexibility index (Phi) is 3.85. The molecule has 2 rings (SSSR count). The van der Waals surface area contributed by atoms with Crippen LogP contribution in [0.1, 0.15) is 0 Å². The van der Waals surface area contributed by atoms with Gasteiger partial charge < -0.3 is 9.47 Å². The quantitative estimate of drug-likeness (QED) is 0.718. The van der Waals surface area contributed by atoms with Crippen molar-refractivity contribution >= 4 is 43.6 Å². The highest BCUT2D eigenvalue weighted by molar-refractivity contribution is 9.09. The molecule has 1 saturated heterocycles. The molecule has 0 radical (unpaired) electrons. The van der Waals surface area contributed by atoms with Crippen LogP contribution in [0.25, 0.3) is 0 Å². The number of thioether (sulfide) groups is 1. The maximum absolute atomic E-state index is 5.85. The maximum Gasteiger partial charge on any atom is 0.132 e. The average Bonchev–Trinajstić information content (AvgIpc) is 2.61. The van der Waals surface area contributed by atoms with Crippen LogP contribution in [0.5, 0.6) is 0 Å². The molecule has 0 aromatic carbocycles. The van der Waals surface area contributed by atoms with Crippen molar-refractivity contribution in [3.8, 4) is 0 Å². The number of ether oxygens (including phenoxy) is 2. The summed E-state index contributed by atoms with van der Waals surface area (Å²) in [6.07, 6.45) is 0.181. The fourth-order valence-corrected chi connectivity index (χ4v) is 3.87. The lowest BCUT2D eigenvalue weighted by molar-refractivity contribution is 0.0543. The summed E-state index contributed by atoms with van der Waals surface area (Å²) in [5, 5.41) is 3.87. The van der Waals surface area contributed by atoms with Gasteiger partial charge >= 0.3 is 0 Å². The van der Waals surface area contributed by atoms with Crippen molar-refractivity contribution in [3.05, 3.63) is 11.2 Å². The zero-order valence-electron chi connectivity index (χ0n) is 7.67. The molecule has 0 amide bonds. The van der Waals surface area contributed by atoms with Gasteiger partial charge in [-0.1, -0.05) is 31.9 Å². The van der Waals surface area contributed by atoms with E-state index >= 15 is 0 Å². The number of hydrogen-bond acceptors (Lipinski definition) is 3. The molecule has 1 fully saturated rings. The van der Waals surface area contributed by atoms with E-state index in [0.717, 1.165) is 35.4 Å². The minimum atomic E-state index is 0.0792. The summed E-state index contributed by atoms with van der Waals surface area (Å²) in [6.45, 7) is 1.48. The summed E-state index contributed by atoms with van der Waals surface area (Å²) < 4.78 is 11.6. The van der Waals surface area contributed by atoms with E-state index in [2.05, 4.69) is 37.3 Å². The first-order valence-corrected chi connectivity index (χ1v) is 7.77. The molecule has 0 aromatic rings. The molecule has 0 N–H and O–H groups in total. The lowest BCUT2D eigenvalue weighted by atomic mass is 9.96. The predicted octanol–water partition coefficient (Wildman–Crippen LogP) is 2.77. The second kappa shape index (κ2) is 4.76. The molecular weight excluding hydrogens is 332 g/mol. The summed E-state index contributed by atoms with van der Waals surface area (Å²) in [5.41, 5.74) is 0.0792. The molecule has 2 aliphatic heterocycles. The molecule has 1 unspecified atom stereocenters. The van der Waals surface area contributed by atoms with E-state index in [-0.39, 0.29) is 11.5 Å². The van der Waals surface area contributed by atoms with Gasteiger partial charge in [0.15, 0.2) is 0 Å². The van der Waals surface area contributed by atoms with Gasteiger partial charge in [-0.3, -0.25) is 0 Å². The van der Waals surface area contributed by atoms with Crippen LogP contribution in [-0.2, 0) is 9.47 Å². The standard InChI is InChI=1S/C9H12Br2O2S/c10-3-9(4-11)5-12-7-1-14-2-8(7)13-6-9/h1,8H,2-6H2. The number of hydrogen-bond donors (Lipinski definition) is 0. The fourth-order valence-electron chi connectivity index (χ4n) is 1.38. The molecule has 0 saturated carbocycles. The summed E-state index contributed by atoms with van der Waals surface area (Å²) in [5.74, 6) is 2.01. The first kappa shape index (κ1) is 11.3.